The molecule has 1 heterocycles. The lowest BCUT2D eigenvalue weighted by Gasteiger charge is -2.15. The van der Waals surface area contributed by atoms with E-state index in [9.17, 15) is 9.59 Å². The number of carbonyl (C=O) groups is 1. The number of hydrogen-bond acceptors (Lipinski definition) is 4. The summed E-state index contributed by atoms with van der Waals surface area (Å²) < 4.78 is 6.49. The first-order chi connectivity index (χ1) is 14.1. The van der Waals surface area contributed by atoms with E-state index < -0.39 is 5.91 Å². The Morgan fingerprint density at radius 1 is 1.00 bits per heavy atom. The van der Waals surface area contributed by atoms with Gasteiger partial charge >= 0.3 is 0 Å². The number of para-hydroxylation sites is 1. The molecule has 0 unspecified atom stereocenters. The van der Waals surface area contributed by atoms with Crippen LogP contribution < -0.4 is 15.7 Å². The van der Waals surface area contributed by atoms with Gasteiger partial charge in [0.15, 0.2) is 5.82 Å². The van der Waals surface area contributed by atoms with Crippen LogP contribution in [0.5, 0.6) is 5.75 Å². The fourth-order valence-electron chi connectivity index (χ4n) is 3.14. The number of nitrogens with zero attached hydrogens (tertiary/aromatic N) is 2. The number of benzene rings is 3. The zero-order valence-corrected chi connectivity index (χ0v) is 16.0. The number of aromatic nitrogens is 2. The molecule has 1 amide bonds. The van der Waals surface area contributed by atoms with E-state index >= 15 is 0 Å². The fraction of sp³-hybridized carbons (Fsp3) is 0.0870. The molecule has 4 aromatic rings. The van der Waals surface area contributed by atoms with Gasteiger partial charge in [-0.15, -0.1) is 0 Å². The Balaban J connectivity index is 1.90. The zero-order valence-electron chi connectivity index (χ0n) is 16.0. The van der Waals surface area contributed by atoms with Crippen molar-refractivity contribution in [2.24, 2.45) is 0 Å². The van der Waals surface area contributed by atoms with Gasteiger partial charge in [0.05, 0.1) is 18.0 Å². The number of hydrogen-bond donors (Lipinski definition) is 1. The number of carbonyl (C=O) groups excluding carboxylic acids is 1. The standard InChI is InChI=1S/C23H19N3O3/c1-15-7-5-9-17(13-15)22(27)25-26-21(16-8-6-10-18(14-16)29-2)24-20-12-4-3-11-19(20)23(26)28/h3-14H,1-2H3,(H,25,27). The normalized spacial score (nSPS) is 10.7. The number of aryl methyl sites for hydroxylation is 1. The molecule has 6 heteroatoms. The van der Waals surface area contributed by atoms with Crippen LogP contribution in [0.2, 0.25) is 0 Å². The van der Waals surface area contributed by atoms with Crippen LogP contribution in [0.15, 0.2) is 77.6 Å². The van der Waals surface area contributed by atoms with E-state index in [2.05, 4.69) is 10.4 Å². The van der Waals surface area contributed by atoms with Gasteiger partial charge < -0.3 is 4.74 Å². The van der Waals surface area contributed by atoms with Crippen LogP contribution in [-0.2, 0) is 0 Å². The molecular weight excluding hydrogens is 366 g/mol. The Morgan fingerprint density at radius 3 is 2.59 bits per heavy atom. The second-order valence-corrected chi connectivity index (χ2v) is 6.64. The van der Waals surface area contributed by atoms with Gasteiger partial charge in [0.25, 0.3) is 11.5 Å². The second-order valence-electron chi connectivity index (χ2n) is 6.64. The summed E-state index contributed by atoms with van der Waals surface area (Å²) in [5.74, 6) is 0.562. The summed E-state index contributed by atoms with van der Waals surface area (Å²) in [5, 5.41) is 0.420. The summed E-state index contributed by atoms with van der Waals surface area (Å²) in [4.78, 5) is 30.7. The van der Waals surface area contributed by atoms with Crippen LogP contribution in [0.3, 0.4) is 0 Å². The van der Waals surface area contributed by atoms with Gasteiger partial charge in [0, 0.05) is 11.1 Å². The molecule has 0 radical (unpaired) electrons. The van der Waals surface area contributed by atoms with E-state index in [4.69, 9.17) is 4.74 Å². The third kappa shape index (κ3) is 3.60. The average Bonchev–Trinajstić information content (AvgIpc) is 2.75. The molecule has 0 atom stereocenters. The average molecular weight is 385 g/mol. The smallest absolute Gasteiger partial charge is 0.280 e. The molecular formula is C23H19N3O3. The Kier molecular flexibility index (Phi) is 4.83. The highest BCUT2D eigenvalue weighted by molar-refractivity contribution is 6.00. The highest BCUT2D eigenvalue weighted by Gasteiger charge is 2.16. The predicted octanol–water partition coefficient (Wildman–Crippen LogP) is 3.76. The molecule has 3 aromatic carbocycles. The van der Waals surface area contributed by atoms with Gasteiger partial charge in [-0.25, -0.2) is 4.98 Å². The first-order valence-electron chi connectivity index (χ1n) is 9.11. The molecule has 0 bridgehead atoms. The van der Waals surface area contributed by atoms with Crippen molar-refractivity contribution < 1.29 is 9.53 Å². The Bertz CT molecular complexity index is 1280. The maximum absolute atomic E-state index is 13.2. The number of amides is 1. The molecule has 0 saturated carbocycles. The van der Waals surface area contributed by atoms with Crippen molar-refractivity contribution >= 4 is 16.8 Å². The molecule has 6 nitrogen and oxygen atoms in total. The largest absolute Gasteiger partial charge is 0.497 e. The van der Waals surface area contributed by atoms with Crippen molar-refractivity contribution in [3.8, 4) is 17.1 Å². The van der Waals surface area contributed by atoms with Crippen LogP contribution in [0.1, 0.15) is 15.9 Å². The summed E-state index contributed by atoms with van der Waals surface area (Å²) in [5.41, 5.74) is 4.98. The first kappa shape index (κ1) is 18.4. The van der Waals surface area contributed by atoms with Crippen LogP contribution >= 0.6 is 0 Å². The first-order valence-corrected chi connectivity index (χ1v) is 9.11. The summed E-state index contributed by atoms with van der Waals surface area (Å²) in [7, 11) is 1.57. The predicted molar refractivity (Wildman–Crippen MR) is 113 cm³/mol. The topological polar surface area (TPSA) is 73.2 Å². The summed E-state index contributed by atoms with van der Waals surface area (Å²) in [6.45, 7) is 1.90. The lowest BCUT2D eigenvalue weighted by Crippen LogP contribution is -2.35. The van der Waals surface area contributed by atoms with E-state index in [1.54, 1.807) is 55.6 Å². The van der Waals surface area contributed by atoms with Gasteiger partial charge in [-0.3, -0.25) is 15.0 Å². The molecule has 1 N–H and O–H groups in total. The van der Waals surface area contributed by atoms with Crippen LogP contribution in [0.4, 0.5) is 0 Å². The maximum Gasteiger partial charge on any atom is 0.280 e. The summed E-state index contributed by atoms with van der Waals surface area (Å²) in [6, 6.07) is 21.4. The number of rotatable bonds is 4. The molecule has 0 aliphatic heterocycles. The van der Waals surface area contributed by atoms with Crippen LogP contribution in [0.25, 0.3) is 22.3 Å². The molecule has 1 aromatic heterocycles. The second kappa shape index (κ2) is 7.59. The highest BCUT2D eigenvalue weighted by atomic mass is 16.5. The minimum absolute atomic E-state index is 0.327. The van der Waals surface area contributed by atoms with Crippen LogP contribution in [0, 0.1) is 6.92 Å². The lowest BCUT2D eigenvalue weighted by molar-refractivity contribution is 0.101. The van der Waals surface area contributed by atoms with Gasteiger partial charge in [-0.1, -0.05) is 42.0 Å². The van der Waals surface area contributed by atoms with Crippen molar-refractivity contribution in [1.82, 2.24) is 9.66 Å². The van der Waals surface area contributed by atoms with Gasteiger partial charge in [-0.05, 0) is 43.3 Å². The van der Waals surface area contributed by atoms with Crippen molar-refractivity contribution in [2.45, 2.75) is 6.92 Å². The summed E-state index contributed by atoms with van der Waals surface area (Å²) in [6.07, 6.45) is 0. The molecule has 0 fully saturated rings. The molecule has 0 aliphatic carbocycles. The van der Waals surface area contributed by atoms with E-state index in [1.807, 2.05) is 31.2 Å². The minimum atomic E-state index is -0.392. The lowest BCUT2D eigenvalue weighted by atomic mass is 10.1. The van der Waals surface area contributed by atoms with E-state index in [0.717, 1.165) is 5.56 Å². The number of methoxy groups -OCH3 is 1. The van der Waals surface area contributed by atoms with Crippen LogP contribution in [-0.4, -0.2) is 22.7 Å². The quantitative estimate of drug-likeness (QED) is 0.580. The van der Waals surface area contributed by atoms with Crippen molar-refractivity contribution in [3.63, 3.8) is 0 Å². The number of ether oxygens (including phenoxy) is 1. The Labute approximate surface area is 167 Å². The SMILES string of the molecule is COc1cccc(-c2nc3ccccc3c(=O)n2NC(=O)c2cccc(C)c2)c1. The minimum Gasteiger partial charge on any atom is -0.497 e. The Hall–Kier alpha value is -3.93. The Morgan fingerprint density at radius 2 is 1.79 bits per heavy atom. The monoisotopic (exact) mass is 385 g/mol. The molecule has 0 saturated heterocycles. The molecule has 4 rings (SSSR count). The van der Waals surface area contributed by atoms with Crippen molar-refractivity contribution in [1.29, 1.82) is 0 Å². The third-order valence-electron chi connectivity index (χ3n) is 4.60. The third-order valence-corrected chi connectivity index (χ3v) is 4.60. The van der Waals surface area contributed by atoms with E-state index in [1.165, 1.54) is 4.68 Å². The van der Waals surface area contributed by atoms with Crippen molar-refractivity contribution in [3.05, 3.63) is 94.3 Å². The molecule has 29 heavy (non-hydrogen) atoms. The molecule has 0 spiro atoms. The van der Waals surface area contributed by atoms with Gasteiger partial charge in [0.2, 0.25) is 0 Å². The maximum atomic E-state index is 13.2. The zero-order chi connectivity index (χ0) is 20.4. The highest BCUT2D eigenvalue weighted by Crippen LogP contribution is 2.23. The van der Waals surface area contributed by atoms with Gasteiger partial charge in [0.1, 0.15) is 5.75 Å². The number of nitrogens with one attached hydrogen (secondary N) is 1. The molecule has 144 valence electrons. The van der Waals surface area contributed by atoms with E-state index in [0.29, 0.717) is 33.6 Å². The van der Waals surface area contributed by atoms with E-state index in [-0.39, 0.29) is 5.56 Å². The fourth-order valence-corrected chi connectivity index (χ4v) is 3.14. The molecule has 0 aliphatic rings. The number of fused-ring (bicyclic) bond motifs is 1. The van der Waals surface area contributed by atoms with Crippen molar-refractivity contribution in [2.75, 3.05) is 12.5 Å². The summed E-state index contributed by atoms with van der Waals surface area (Å²) >= 11 is 0. The van der Waals surface area contributed by atoms with Gasteiger partial charge in [-0.2, -0.15) is 4.68 Å².